The SMILES string of the molecule is CC(C)CNc1cc(N2CCN(C=O)CC2)nc(-c2ccccc2)n1. The van der Waals surface area contributed by atoms with Crippen molar-refractivity contribution in [1.82, 2.24) is 14.9 Å². The van der Waals surface area contributed by atoms with Gasteiger partial charge in [0.25, 0.3) is 0 Å². The van der Waals surface area contributed by atoms with E-state index in [1.54, 1.807) is 4.90 Å². The Morgan fingerprint density at radius 1 is 1.12 bits per heavy atom. The monoisotopic (exact) mass is 339 g/mol. The smallest absolute Gasteiger partial charge is 0.209 e. The summed E-state index contributed by atoms with van der Waals surface area (Å²) in [5.41, 5.74) is 1.00. The molecule has 25 heavy (non-hydrogen) atoms. The van der Waals surface area contributed by atoms with Crippen molar-refractivity contribution in [3.8, 4) is 11.4 Å². The van der Waals surface area contributed by atoms with Gasteiger partial charge in [0, 0.05) is 44.4 Å². The summed E-state index contributed by atoms with van der Waals surface area (Å²) in [5, 5.41) is 3.41. The molecule has 1 aliphatic heterocycles. The van der Waals surface area contributed by atoms with Crippen LogP contribution in [0.3, 0.4) is 0 Å². The van der Waals surface area contributed by atoms with E-state index in [4.69, 9.17) is 4.98 Å². The number of amides is 1. The Morgan fingerprint density at radius 3 is 2.48 bits per heavy atom. The van der Waals surface area contributed by atoms with Gasteiger partial charge in [0.15, 0.2) is 5.82 Å². The van der Waals surface area contributed by atoms with E-state index < -0.39 is 0 Å². The van der Waals surface area contributed by atoms with Gasteiger partial charge >= 0.3 is 0 Å². The molecule has 0 unspecified atom stereocenters. The number of benzene rings is 1. The lowest BCUT2D eigenvalue weighted by molar-refractivity contribution is -0.118. The van der Waals surface area contributed by atoms with Crippen molar-refractivity contribution in [1.29, 1.82) is 0 Å². The Morgan fingerprint density at radius 2 is 1.84 bits per heavy atom. The summed E-state index contributed by atoms with van der Waals surface area (Å²) in [4.78, 5) is 24.4. The van der Waals surface area contributed by atoms with Crippen LogP contribution in [0.2, 0.25) is 0 Å². The van der Waals surface area contributed by atoms with Gasteiger partial charge in [-0.3, -0.25) is 4.79 Å². The molecule has 0 bridgehead atoms. The summed E-state index contributed by atoms with van der Waals surface area (Å²) in [6.45, 7) is 8.23. The molecule has 0 radical (unpaired) electrons. The van der Waals surface area contributed by atoms with Crippen molar-refractivity contribution in [3.63, 3.8) is 0 Å². The third kappa shape index (κ3) is 4.47. The van der Waals surface area contributed by atoms with E-state index >= 15 is 0 Å². The third-order valence-electron chi connectivity index (χ3n) is 4.22. The summed E-state index contributed by atoms with van der Waals surface area (Å²) in [7, 11) is 0. The topological polar surface area (TPSA) is 61.4 Å². The standard InChI is InChI=1S/C19H25N5O/c1-15(2)13-20-17-12-18(24-10-8-23(14-25)9-11-24)22-19(21-17)16-6-4-3-5-7-16/h3-7,12,14-15H,8-11,13H2,1-2H3,(H,20,21,22). The molecule has 6 heteroatoms. The van der Waals surface area contributed by atoms with Crippen LogP contribution >= 0.6 is 0 Å². The van der Waals surface area contributed by atoms with Gasteiger partial charge in [0.05, 0.1) is 0 Å². The van der Waals surface area contributed by atoms with Crippen LogP contribution in [0.25, 0.3) is 11.4 Å². The Labute approximate surface area is 148 Å². The highest BCUT2D eigenvalue weighted by molar-refractivity contribution is 5.62. The zero-order valence-electron chi connectivity index (χ0n) is 14.9. The number of hydrogen-bond donors (Lipinski definition) is 1. The number of hydrogen-bond acceptors (Lipinski definition) is 5. The molecule has 1 N–H and O–H groups in total. The van der Waals surface area contributed by atoms with Gasteiger partial charge in [0.1, 0.15) is 11.6 Å². The second-order valence-corrected chi connectivity index (χ2v) is 6.70. The maximum atomic E-state index is 10.9. The number of nitrogens with zero attached hydrogens (tertiary/aromatic N) is 4. The minimum atomic E-state index is 0.537. The van der Waals surface area contributed by atoms with Crippen LogP contribution in [0.15, 0.2) is 36.4 Å². The number of anilines is 2. The molecule has 1 aromatic heterocycles. The quantitative estimate of drug-likeness (QED) is 0.819. The van der Waals surface area contributed by atoms with E-state index in [1.165, 1.54) is 0 Å². The molecule has 0 atom stereocenters. The second-order valence-electron chi connectivity index (χ2n) is 6.70. The van der Waals surface area contributed by atoms with Gasteiger partial charge in [-0.05, 0) is 5.92 Å². The first-order valence-electron chi connectivity index (χ1n) is 8.78. The first-order valence-corrected chi connectivity index (χ1v) is 8.78. The first-order chi connectivity index (χ1) is 12.2. The zero-order valence-corrected chi connectivity index (χ0v) is 14.9. The molecule has 6 nitrogen and oxygen atoms in total. The summed E-state index contributed by atoms with van der Waals surface area (Å²) < 4.78 is 0. The Bertz CT molecular complexity index is 696. The van der Waals surface area contributed by atoms with Crippen molar-refractivity contribution < 1.29 is 4.79 Å². The lowest BCUT2D eigenvalue weighted by Crippen LogP contribution is -2.46. The van der Waals surface area contributed by atoms with Gasteiger partial charge < -0.3 is 15.1 Å². The van der Waals surface area contributed by atoms with Gasteiger partial charge in [0.2, 0.25) is 6.41 Å². The van der Waals surface area contributed by atoms with Crippen LogP contribution in [0.1, 0.15) is 13.8 Å². The average molecular weight is 339 g/mol. The predicted octanol–water partition coefficient (Wildman–Crippen LogP) is 2.49. The summed E-state index contributed by atoms with van der Waals surface area (Å²) in [6.07, 6.45) is 0.919. The molecular weight excluding hydrogens is 314 g/mol. The van der Waals surface area contributed by atoms with E-state index in [9.17, 15) is 4.79 Å². The number of carbonyl (C=O) groups is 1. The van der Waals surface area contributed by atoms with E-state index in [0.717, 1.165) is 62.2 Å². The van der Waals surface area contributed by atoms with Crippen LogP contribution in [0.5, 0.6) is 0 Å². The largest absolute Gasteiger partial charge is 0.370 e. The molecule has 2 aromatic rings. The van der Waals surface area contributed by atoms with Crippen molar-refractivity contribution >= 4 is 18.0 Å². The summed E-state index contributed by atoms with van der Waals surface area (Å²) in [5.74, 6) is 3.01. The Kier molecular flexibility index (Phi) is 5.48. The first kappa shape index (κ1) is 17.2. The molecule has 1 aromatic carbocycles. The van der Waals surface area contributed by atoms with Crippen molar-refractivity contribution in [2.75, 3.05) is 42.9 Å². The number of aromatic nitrogens is 2. The molecule has 132 valence electrons. The molecule has 1 fully saturated rings. The predicted molar refractivity (Wildman–Crippen MR) is 101 cm³/mol. The fraction of sp³-hybridized carbons (Fsp3) is 0.421. The molecule has 0 aliphatic carbocycles. The molecule has 0 spiro atoms. The molecule has 1 amide bonds. The second kappa shape index (κ2) is 7.96. The molecule has 1 saturated heterocycles. The van der Waals surface area contributed by atoms with E-state index in [1.807, 2.05) is 36.4 Å². The summed E-state index contributed by atoms with van der Waals surface area (Å²) in [6, 6.07) is 12.0. The highest BCUT2D eigenvalue weighted by atomic mass is 16.1. The van der Waals surface area contributed by atoms with E-state index in [0.29, 0.717) is 5.92 Å². The lowest BCUT2D eigenvalue weighted by Gasteiger charge is -2.33. The van der Waals surface area contributed by atoms with Gasteiger partial charge in [-0.1, -0.05) is 44.2 Å². The van der Waals surface area contributed by atoms with Crippen LogP contribution in [0, 0.1) is 5.92 Å². The van der Waals surface area contributed by atoms with Crippen molar-refractivity contribution in [3.05, 3.63) is 36.4 Å². The van der Waals surface area contributed by atoms with E-state index in [2.05, 4.69) is 29.0 Å². The number of carbonyl (C=O) groups excluding carboxylic acids is 1. The number of piperazine rings is 1. The normalized spacial score (nSPS) is 14.7. The Hall–Kier alpha value is -2.63. The molecule has 3 rings (SSSR count). The molecule has 0 saturated carbocycles. The van der Waals surface area contributed by atoms with Crippen molar-refractivity contribution in [2.24, 2.45) is 5.92 Å². The van der Waals surface area contributed by atoms with Crippen LogP contribution in [-0.2, 0) is 4.79 Å². The Balaban J connectivity index is 1.88. The maximum absolute atomic E-state index is 10.9. The molecule has 2 heterocycles. The van der Waals surface area contributed by atoms with E-state index in [-0.39, 0.29) is 0 Å². The lowest BCUT2D eigenvalue weighted by atomic mass is 10.2. The maximum Gasteiger partial charge on any atom is 0.209 e. The molecular formula is C19H25N5O. The highest BCUT2D eigenvalue weighted by Gasteiger charge is 2.18. The third-order valence-corrected chi connectivity index (χ3v) is 4.22. The zero-order chi connectivity index (χ0) is 17.6. The fourth-order valence-electron chi connectivity index (χ4n) is 2.77. The number of rotatable bonds is 6. The summed E-state index contributed by atoms with van der Waals surface area (Å²) >= 11 is 0. The van der Waals surface area contributed by atoms with Crippen LogP contribution in [-0.4, -0.2) is 54.0 Å². The minimum Gasteiger partial charge on any atom is -0.370 e. The van der Waals surface area contributed by atoms with Gasteiger partial charge in [-0.15, -0.1) is 0 Å². The highest BCUT2D eigenvalue weighted by Crippen LogP contribution is 2.23. The van der Waals surface area contributed by atoms with Crippen LogP contribution < -0.4 is 10.2 Å². The average Bonchev–Trinajstić information content (AvgIpc) is 2.67. The van der Waals surface area contributed by atoms with Crippen LogP contribution in [0.4, 0.5) is 11.6 Å². The van der Waals surface area contributed by atoms with Gasteiger partial charge in [-0.25, -0.2) is 9.97 Å². The van der Waals surface area contributed by atoms with Crippen molar-refractivity contribution in [2.45, 2.75) is 13.8 Å². The van der Waals surface area contributed by atoms with Gasteiger partial charge in [-0.2, -0.15) is 0 Å². The number of nitrogens with one attached hydrogen (secondary N) is 1. The minimum absolute atomic E-state index is 0.537. The molecule has 1 aliphatic rings. The fourth-order valence-corrected chi connectivity index (χ4v) is 2.77.